The Labute approximate surface area is 208 Å². The van der Waals surface area contributed by atoms with Gasteiger partial charge in [-0.1, -0.05) is 48.2 Å². The summed E-state index contributed by atoms with van der Waals surface area (Å²) >= 11 is 1.39. The van der Waals surface area contributed by atoms with Gasteiger partial charge >= 0.3 is 0 Å². The minimum atomic E-state index is -0.162. The van der Waals surface area contributed by atoms with Gasteiger partial charge in [-0.15, -0.1) is 10.2 Å². The average molecular weight is 496 g/mol. The number of nitrogens with zero attached hydrogens (tertiary/aromatic N) is 4. The Kier molecular flexibility index (Phi) is 7.39. The van der Waals surface area contributed by atoms with Crippen LogP contribution in [0.5, 0.6) is 11.5 Å². The van der Waals surface area contributed by atoms with Crippen LogP contribution < -0.4 is 19.7 Å². The van der Waals surface area contributed by atoms with Gasteiger partial charge in [0.2, 0.25) is 11.9 Å². The molecule has 0 saturated carbocycles. The van der Waals surface area contributed by atoms with Gasteiger partial charge in [-0.2, -0.15) is 0 Å². The second-order valence-electron chi connectivity index (χ2n) is 8.43. The van der Waals surface area contributed by atoms with E-state index in [-0.39, 0.29) is 17.7 Å². The smallest absolute Gasteiger partial charge is 0.230 e. The Morgan fingerprint density at radius 2 is 1.80 bits per heavy atom. The fourth-order valence-electron chi connectivity index (χ4n) is 4.12. The first-order chi connectivity index (χ1) is 17.2. The molecule has 2 aliphatic rings. The van der Waals surface area contributed by atoms with Crippen LogP contribution in [0.3, 0.4) is 0 Å². The molecule has 1 amide bonds. The van der Waals surface area contributed by atoms with E-state index in [1.807, 2.05) is 43.3 Å². The lowest BCUT2D eigenvalue weighted by atomic mass is 10.1. The van der Waals surface area contributed by atoms with Crippen molar-refractivity contribution in [3.8, 4) is 11.5 Å². The van der Waals surface area contributed by atoms with E-state index in [0.29, 0.717) is 38.7 Å². The van der Waals surface area contributed by atoms with Crippen molar-refractivity contribution in [3.63, 3.8) is 0 Å². The first-order valence-electron chi connectivity index (χ1n) is 11.8. The zero-order valence-electron chi connectivity index (χ0n) is 19.7. The molecule has 10 heteroatoms. The number of nitrogens with one attached hydrogen (secondary N) is 1. The van der Waals surface area contributed by atoms with Crippen LogP contribution in [-0.2, 0) is 16.1 Å². The Hall–Kier alpha value is -3.24. The lowest BCUT2D eigenvalue weighted by Gasteiger charge is -2.28. The fourth-order valence-corrected chi connectivity index (χ4v) is 4.86. The van der Waals surface area contributed by atoms with E-state index in [1.165, 1.54) is 11.8 Å². The summed E-state index contributed by atoms with van der Waals surface area (Å²) in [5, 5.41) is 12.7. The summed E-state index contributed by atoms with van der Waals surface area (Å²) in [5.41, 5.74) is 2.12. The molecule has 35 heavy (non-hydrogen) atoms. The van der Waals surface area contributed by atoms with Gasteiger partial charge < -0.3 is 24.4 Å². The van der Waals surface area contributed by atoms with Gasteiger partial charge in [0.15, 0.2) is 16.7 Å². The normalized spacial score (nSPS) is 16.1. The topological polar surface area (TPSA) is 90.7 Å². The molecule has 0 radical (unpaired) electrons. The monoisotopic (exact) mass is 495 g/mol. The van der Waals surface area contributed by atoms with Crippen molar-refractivity contribution in [2.75, 3.05) is 50.2 Å². The molecule has 2 aliphatic heterocycles. The molecular weight excluding hydrogens is 466 g/mol. The van der Waals surface area contributed by atoms with Crippen molar-refractivity contribution in [1.82, 2.24) is 20.1 Å². The van der Waals surface area contributed by atoms with Crippen LogP contribution in [0.4, 0.5) is 5.95 Å². The van der Waals surface area contributed by atoms with E-state index < -0.39 is 0 Å². The van der Waals surface area contributed by atoms with E-state index in [2.05, 4.69) is 37.1 Å². The molecule has 1 saturated heterocycles. The number of carbonyl (C=O) groups excluding carboxylic acids is 1. The maximum absolute atomic E-state index is 12.8. The van der Waals surface area contributed by atoms with Crippen LogP contribution in [0.2, 0.25) is 0 Å². The van der Waals surface area contributed by atoms with E-state index in [1.54, 1.807) is 0 Å². The van der Waals surface area contributed by atoms with Crippen molar-refractivity contribution >= 4 is 23.6 Å². The third-order valence-corrected chi connectivity index (χ3v) is 6.92. The quantitative estimate of drug-likeness (QED) is 0.477. The first kappa shape index (κ1) is 23.5. The molecule has 9 nitrogen and oxygen atoms in total. The SMILES string of the molecule is C[C@@H](NC(=O)CSc1nnc(N2CCOCC2)n1Cc1ccccc1)c1ccc2c(c1)OCCO2. The van der Waals surface area contributed by atoms with E-state index in [4.69, 9.17) is 14.2 Å². The van der Waals surface area contributed by atoms with Gasteiger partial charge in [-0.05, 0) is 30.2 Å². The molecule has 2 aromatic carbocycles. The number of thioether (sulfide) groups is 1. The highest BCUT2D eigenvalue weighted by molar-refractivity contribution is 7.99. The summed E-state index contributed by atoms with van der Waals surface area (Å²) in [6, 6.07) is 15.8. The predicted molar refractivity (Wildman–Crippen MR) is 133 cm³/mol. The Balaban J connectivity index is 1.25. The van der Waals surface area contributed by atoms with Gasteiger partial charge in [-0.25, -0.2) is 0 Å². The van der Waals surface area contributed by atoms with Crippen molar-refractivity contribution in [2.24, 2.45) is 0 Å². The number of rotatable bonds is 8. The lowest BCUT2D eigenvalue weighted by Crippen LogP contribution is -2.38. The maximum atomic E-state index is 12.8. The van der Waals surface area contributed by atoms with Gasteiger partial charge in [0.05, 0.1) is 31.6 Å². The largest absolute Gasteiger partial charge is 0.486 e. The second-order valence-corrected chi connectivity index (χ2v) is 9.38. The molecule has 1 N–H and O–H groups in total. The second kappa shape index (κ2) is 11.0. The molecule has 0 spiro atoms. The minimum Gasteiger partial charge on any atom is -0.486 e. The van der Waals surface area contributed by atoms with Crippen molar-refractivity contribution in [1.29, 1.82) is 0 Å². The van der Waals surface area contributed by atoms with Gasteiger partial charge in [0.25, 0.3) is 0 Å². The highest BCUT2D eigenvalue weighted by atomic mass is 32.2. The van der Waals surface area contributed by atoms with Crippen LogP contribution in [0.25, 0.3) is 0 Å². The maximum Gasteiger partial charge on any atom is 0.230 e. The summed E-state index contributed by atoms with van der Waals surface area (Å²) in [7, 11) is 0. The number of hydrogen-bond acceptors (Lipinski definition) is 8. The van der Waals surface area contributed by atoms with Crippen LogP contribution in [0.1, 0.15) is 24.1 Å². The number of amides is 1. The number of hydrogen-bond donors (Lipinski definition) is 1. The summed E-state index contributed by atoms with van der Waals surface area (Å²) in [4.78, 5) is 15.0. The van der Waals surface area contributed by atoms with Crippen LogP contribution in [-0.4, -0.2) is 65.9 Å². The molecule has 0 aliphatic carbocycles. The third kappa shape index (κ3) is 5.71. The summed E-state index contributed by atoms with van der Waals surface area (Å²) in [5.74, 6) is 2.44. The number of aromatic nitrogens is 3. The highest BCUT2D eigenvalue weighted by Crippen LogP contribution is 2.32. The lowest BCUT2D eigenvalue weighted by molar-refractivity contribution is -0.119. The van der Waals surface area contributed by atoms with Crippen LogP contribution in [0.15, 0.2) is 53.7 Å². The Morgan fingerprint density at radius 1 is 1.03 bits per heavy atom. The Bertz CT molecular complexity index is 1150. The summed E-state index contributed by atoms with van der Waals surface area (Å²) in [6.45, 7) is 6.56. The Morgan fingerprint density at radius 3 is 2.60 bits per heavy atom. The molecule has 184 valence electrons. The zero-order chi connectivity index (χ0) is 24.0. The first-order valence-corrected chi connectivity index (χ1v) is 12.8. The van der Waals surface area contributed by atoms with Gasteiger partial charge in [0, 0.05) is 13.1 Å². The number of carbonyl (C=O) groups is 1. The number of fused-ring (bicyclic) bond motifs is 1. The molecule has 1 atom stereocenters. The molecular formula is C25H29N5O4S. The number of benzene rings is 2. The number of morpholine rings is 1. The molecule has 5 rings (SSSR count). The van der Waals surface area contributed by atoms with Crippen molar-refractivity contribution in [2.45, 2.75) is 24.7 Å². The molecule has 3 aromatic rings. The fraction of sp³-hybridized carbons (Fsp3) is 0.400. The molecule has 3 heterocycles. The molecule has 1 fully saturated rings. The predicted octanol–water partition coefficient (Wildman–Crippen LogP) is 2.90. The van der Waals surface area contributed by atoms with E-state index in [9.17, 15) is 4.79 Å². The summed E-state index contributed by atoms with van der Waals surface area (Å²) in [6.07, 6.45) is 0. The highest BCUT2D eigenvalue weighted by Gasteiger charge is 2.22. The van der Waals surface area contributed by atoms with Gasteiger partial charge in [0.1, 0.15) is 13.2 Å². The van der Waals surface area contributed by atoms with E-state index >= 15 is 0 Å². The van der Waals surface area contributed by atoms with E-state index in [0.717, 1.165) is 41.1 Å². The zero-order valence-corrected chi connectivity index (χ0v) is 20.5. The van der Waals surface area contributed by atoms with Gasteiger partial charge in [-0.3, -0.25) is 9.36 Å². The number of anilines is 1. The number of ether oxygens (including phenoxy) is 3. The van der Waals surface area contributed by atoms with Crippen molar-refractivity contribution in [3.05, 3.63) is 59.7 Å². The van der Waals surface area contributed by atoms with Crippen molar-refractivity contribution < 1.29 is 19.0 Å². The standard InChI is InChI=1S/C25H29N5O4S/c1-18(20-7-8-21-22(15-20)34-14-13-33-21)26-23(31)17-35-25-28-27-24(29-9-11-32-12-10-29)30(25)16-19-5-3-2-4-6-19/h2-8,15,18H,9-14,16-17H2,1H3,(H,26,31)/t18-/m1/s1. The van der Waals surface area contributed by atoms with Crippen LogP contribution in [0, 0.1) is 0 Å². The molecule has 1 aromatic heterocycles. The minimum absolute atomic E-state index is 0.0698. The van der Waals surface area contributed by atoms with Crippen LogP contribution >= 0.6 is 11.8 Å². The third-order valence-electron chi connectivity index (χ3n) is 5.95. The molecule has 0 bridgehead atoms. The average Bonchev–Trinajstić information content (AvgIpc) is 3.30. The summed E-state index contributed by atoms with van der Waals surface area (Å²) < 4.78 is 18.8. The molecule has 0 unspecified atom stereocenters.